The third-order valence-corrected chi connectivity index (χ3v) is 6.17. The Kier molecular flexibility index (Phi) is 5.31. The van der Waals surface area contributed by atoms with Gasteiger partial charge in [-0.05, 0) is 12.8 Å². The maximum Gasteiger partial charge on any atom is 0.306 e. The van der Waals surface area contributed by atoms with Gasteiger partial charge in [0, 0.05) is 37.1 Å². The van der Waals surface area contributed by atoms with Gasteiger partial charge in [-0.15, -0.1) is 11.3 Å². The third-order valence-electron chi connectivity index (χ3n) is 3.59. The van der Waals surface area contributed by atoms with E-state index in [1.54, 1.807) is 6.20 Å². The van der Waals surface area contributed by atoms with Crippen LogP contribution in [0, 0.1) is 5.92 Å². The largest absolute Gasteiger partial charge is 0.481 e. The molecule has 1 fully saturated rings. The van der Waals surface area contributed by atoms with Crippen LogP contribution in [0.1, 0.15) is 30.7 Å². The zero-order chi connectivity index (χ0) is 15.5. The van der Waals surface area contributed by atoms with Gasteiger partial charge in [0.15, 0.2) is 0 Å². The van der Waals surface area contributed by atoms with E-state index in [2.05, 4.69) is 9.71 Å². The molecule has 0 amide bonds. The molecule has 0 aromatic carbocycles. The van der Waals surface area contributed by atoms with Crippen LogP contribution in [0.5, 0.6) is 0 Å². The van der Waals surface area contributed by atoms with Crippen LogP contribution in [0.2, 0.25) is 0 Å². The van der Waals surface area contributed by atoms with Crippen molar-refractivity contribution >= 4 is 27.5 Å². The molecular weight excluding hydrogens is 314 g/mol. The zero-order valence-corrected chi connectivity index (χ0v) is 13.4. The first kappa shape index (κ1) is 16.3. The Morgan fingerprint density at radius 1 is 1.57 bits per heavy atom. The summed E-state index contributed by atoms with van der Waals surface area (Å²) in [5.41, 5.74) is 0. The summed E-state index contributed by atoms with van der Waals surface area (Å²) in [5.74, 6) is -1.28. The van der Waals surface area contributed by atoms with Crippen molar-refractivity contribution in [2.75, 3.05) is 19.6 Å². The van der Waals surface area contributed by atoms with Gasteiger partial charge in [-0.25, -0.2) is 9.71 Å². The molecule has 0 bridgehead atoms. The topological polar surface area (TPSA) is 99.6 Å². The summed E-state index contributed by atoms with van der Waals surface area (Å²) in [6.07, 6.45) is 2.41. The summed E-state index contributed by atoms with van der Waals surface area (Å²) in [7, 11) is -3.55. The smallest absolute Gasteiger partial charge is 0.306 e. The number of thiazole rings is 1. The lowest BCUT2D eigenvalue weighted by Gasteiger charge is -2.29. The fourth-order valence-electron chi connectivity index (χ4n) is 2.23. The fourth-order valence-corrected chi connectivity index (χ4v) is 4.26. The molecule has 2 heterocycles. The lowest BCUT2D eigenvalue weighted by molar-refractivity contribution is -0.142. The van der Waals surface area contributed by atoms with Crippen LogP contribution in [0.4, 0.5) is 0 Å². The van der Waals surface area contributed by atoms with E-state index in [0.29, 0.717) is 12.8 Å². The van der Waals surface area contributed by atoms with E-state index in [1.807, 2.05) is 12.3 Å². The highest BCUT2D eigenvalue weighted by Gasteiger charge is 2.31. The molecule has 21 heavy (non-hydrogen) atoms. The average molecular weight is 333 g/mol. The first-order valence-electron chi connectivity index (χ1n) is 6.77. The molecule has 0 radical (unpaired) electrons. The second-order valence-electron chi connectivity index (χ2n) is 5.14. The first-order chi connectivity index (χ1) is 9.90. The van der Waals surface area contributed by atoms with Crippen molar-refractivity contribution in [2.45, 2.75) is 25.7 Å². The van der Waals surface area contributed by atoms with E-state index in [-0.39, 0.29) is 25.6 Å². The SMILES string of the molecule is CC(CNS(=O)(=O)N1CCC(C(=O)O)CC1)c1nccs1. The summed E-state index contributed by atoms with van der Waals surface area (Å²) < 4.78 is 28.3. The van der Waals surface area contributed by atoms with Crippen molar-refractivity contribution in [3.63, 3.8) is 0 Å². The maximum absolute atomic E-state index is 12.2. The first-order valence-corrected chi connectivity index (χ1v) is 9.09. The molecule has 1 aliphatic heterocycles. The molecule has 1 atom stereocenters. The average Bonchev–Trinajstić information content (AvgIpc) is 2.99. The van der Waals surface area contributed by atoms with Crippen molar-refractivity contribution in [3.8, 4) is 0 Å². The number of piperidine rings is 1. The summed E-state index contributed by atoms with van der Waals surface area (Å²) in [4.78, 5) is 15.0. The molecule has 1 unspecified atom stereocenters. The van der Waals surface area contributed by atoms with Crippen molar-refractivity contribution in [2.24, 2.45) is 5.92 Å². The van der Waals surface area contributed by atoms with Crippen LogP contribution in [0.15, 0.2) is 11.6 Å². The maximum atomic E-state index is 12.2. The molecule has 1 aliphatic rings. The van der Waals surface area contributed by atoms with Gasteiger partial charge in [-0.3, -0.25) is 4.79 Å². The van der Waals surface area contributed by atoms with Crippen LogP contribution in [0.25, 0.3) is 0 Å². The normalized spacial score (nSPS) is 19.5. The molecule has 1 saturated heterocycles. The number of hydrogen-bond donors (Lipinski definition) is 2. The molecule has 118 valence electrons. The van der Waals surface area contributed by atoms with Gasteiger partial charge in [0.05, 0.1) is 10.9 Å². The molecule has 2 rings (SSSR count). The Morgan fingerprint density at radius 2 is 2.24 bits per heavy atom. The standard InChI is InChI=1S/C12H19N3O4S2/c1-9(11-13-4-7-20-11)8-14-21(18,19)15-5-2-10(3-6-15)12(16)17/h4,7,9-10,14H,2-3,5-6,8H2,1H3,(H,16,17). The van der Waals surface area contributed by atoms with E-state index < -0.39 is 22.1 Å². The van der Waals surface area contributed by atoms with Gasteiger partial charge in [0.25, 0.3) is 10.2 Å². The number of nitrogens with one attached hydrogen (secondary N) is 1. The highest BCUT2D eigenvalue weighted by molar-refractivity contribution is 7.87. The van der Waals surface area contributed by atoms with Gasteiger partial charge >= 0.3 is 5.97 Å². The summed E-state index contributed by atoms with van der Waals surface area (Å²) >= 11 is 1.50. The van der Waals surface area contributed by atoms with Gasteiger partial charge < -0.3 is 5.11 Å². The fraction of sp³-hybridized carbons (Fsp3) is 0.667. The molecular formula is C12H19N3O4S2. The number of carboxylic acids is 1. The monoisotopic (exact) mass is 333 g/mol. The summed E-state index contributed by atoms with van der Waals surface area (Å²) in [5, 5.41) is 11.7. The number of hydrogen-bond acceptors (Lipinski definition) is 5. The van der Waals surface area contributed by atoms with Crippen molar-refractivity contribution in [1.82, 2.24) is 14.0 Å². The molecule has 0 spiro atoms. The van der Waals surface area contributed by atoms with Gasteiger partial charge in [0.2, 0.25) is 0 Å². The number of rotatable bonds is 6. The van der Waals surface area contributed by atoms with E-state index in [9.17, 15) is 13.2 Å². The minimum Gasteiger partial charge on any atom is -0.481 e. The Morgan fingerprint density at radius 3 is 2.76 bits per heavy atom. The quantitative estimate of drug-likeness (QED) is 0.805. The number of nitrogens with zero attached hydrogens (tertiary/aromatic N) is 2. The minimum atomic E-state index is -3.55. The van der Waals surface area contributed by atoms with E-state index >= 15 is 0 Å². The predicted molar refractivity (Wildman–Crippen MR) is 79.4 cm³/mol. The van der Waals surface area contributed by atoms with Gasteiger partial charge in [-0.1, -0.05) is 6.92 Å². The second-order valence-corrected chi connectivity index (χ2v) is 7.82. The van der Waals surface area contributed by atoms with E-state index in [4.69, 9.17) is 5.11 Å². The lowest BCUT2D eigenvalue weighted by atomic mass is 9.99. The van der Waals surface area contributed by atoms with Crippen LogP contribution in [-0.4, -0.2) is 48.4 Å². The second kappa shape index (κ2) is 6.82. The van der Waals surface area contributed by atoms with Crippen LogP contribution >= 0.6 is 11.3 Å². The number of carboxylic acid groups (broad SMARTS) is 1. The molecule has 7 nitrogen and oxygen atoms in total. The molecule has 9 heteroatoms. The Bertz CT molecular complexity index is 565. The van der Waals surface area contributed by atoms with Crippen LogP contribution < -0.4 is 4.72 Å². The molecule has 2 N–H and O–H groups in total. The zero-order valence-electron chi connectivity index (χ0n) is 11.7. The van der Waals surface area contributed by atoms with E-state index in [1.165, 1.54) is 15.6 Å². The number of carbonyl (C=O) groups is 1. The van der Waals surface area contributed by atoms with Crippen LogP contribution in [0.3, 0.4) is 0 Å². The van der Waals surface area contributed by atoms with Crippen molar-refractivity contribution in [3.05, 3.63) is 16.6 Å². The highest BCUT2D eigenvalue weighted by atomic mass is 32.2. The highest BCUT2D eigenvalue weighted by Crippen LogP contribution is 2.20. The molecule has 0 aliphatic carbocycles. The predicted octanol–water partition coefficient (Wildman–Crippen LogP) is 0.878. The Labute approximate surface area is 128 Å². The number of aromatic nitrogens is 1. The summed E-state index contributed by atoms with van der Waals surface area (Å²) in [6, 6.07) is 0. The van der Waals surface area contributed by atoms with E-state index in [0.717, 1.165) is 5.01 Å². The molecule has 1 aromatic heterocycles. The molecule has 1 aromatic rings. The number of aliphatic carboxylic acids is 1. The van der Waals surface area contributed by atoms with Crippen molar-refractivity contribution in [1.29, 1.82) is 0 Å². The summed E-state index contributed by atoms with van der Waals surface area (Å²) in [6.45, 7) is 2.70. The Hall–Kier alpha value is -1.03. The van der Waals surface area contributed by atoms with Gasteiger partial charge in [0.1, 0.15) is 0 Å². The Balaban J connectivity index is 1.86. The van der Waals surface area contributed by atoms with Crippen LogP contribution in [-0.2, 0) is 15.0 Å². The lowest BCUT2D eigenvalue weighted by Crippen LogP contribution is -2.46. The third kappa shape index (κ3) is 4.22. The minimum absolute atomic E-state index is 0.0105. The van der Waals surface area contributed by atoms with Crippen molar-refractivity contribution < 1.29 is 18.3 Å². The molecule has 0 saturated carbocycles. The van der Waals surface area contributed by atoms with Gasteiger partial charge in [-0.2, -0.15) is 12.7 Å².